The molecule has 1 saturated carbocycles. The van der Waals surface area contributed by atoms with Gasteiger partial charge in [0.05, 0.1) is 5.60 Å². The Morgan fingerprint density at radius 1 is 1.47 bits per heavy atom. The van der Waals surface area contributed by atoms with Crippen molar-refractivity contribution in [2.24, 2.45) is 11.8 Å². The van der Waals surface area contributed by atoms with Gasteiger partial charge in [-0.1, -0.05) is 18.6 Å². The molecule has 0 aromatic carbocycles. The minimum absolute atomic E-state index is 0.172. The summed E-state index contributed by atoms with van der Waals surface area (Å²) >= 11 is 0. The fourth-order valence-electron chi connectivity index (χ4n) is 3.37. The summed E-state index contributed by atoms with van der Waals surface area (Å²) in [6, 6.07) is 0. The van der Waals surface area contributed by atoms with Crippen molar-refractivity contribution in [3.05, 3.63) is 11.6 Å². The van der Waals surface area contributed by atoms with E-state index in [4.69, 9.17) is 4.74 Å². The van der Waals surface area contributed by atoms with E-state index in [0.29, 0.717) is 0 Å². The lowest BCUT2D eigenvalue weighted by atomic mass is 9.79. The van der Waals surface area contributed by atoms with E-state index >= 15 is 0 Å². The molecule has 2 rings (SSSR count). The highest BCUT2D eigenvalue weighted by Crippen LogP contribution is 2.34. The minimum atomic E-state index is 0.172. The van der Waals surface area contributed by atoms with Crippen LogP contribution in [-0.2, 0) is 4.74 Å². The largest absolute Gasteiger partial charge is 0.377 e. The van der Waals surface area contributed by atoms with Gasteiger partial charge in [0.25, 0.3) is 0 Å². The molecule has 0 amide bonds. The number of allylic oxidation sites excluding steroid dienone is 2. The monoisotopic (exact) mass is 237 g/mol. The van der Waals surface area contributed by atoms with Crippen LogP contribution in [0.4, 0.5) is 0 Å². The van der Waals surface area contributed by atoms with Gasteiger partial charge in [0.15, 0.2) is 0 Å². The second kappa shape index (κ2) is 5.53. The van der Waals surface area contributed by atoms with Crippen LogP contribution in [0, 0.1) is 11.8 Å². The molecule has 2 aliphatic carbocycles. The molecule has 2 nitrogen and oxygen atoms in total. The highest BCUT2D eigenvalue weighted by Gasteiger charge is 2.36. The van der Waals surface area contributed by atoms with Gasteiger partial charge in [-0.05, 0) is 57.4 Å². The molecule has 0 bridgehead atoms. The second-order valence-electron chi connectivity index (χ2n) is 6.17. The van der Waals surface area contributed by atoms with E-state index in [0.717, 1.165) is 24.9 Å². The van der Waals surface area contributed by atoms with Crippen molar-refractivity contribution in [3.8, 4) is 0 Å². The van der Waals surface area contributed by atoms with Crippen LogP contribution in [-0.4, -0.2) is 25.8 Å². The Morgan fingerprint density at radius 3 is 2.76 bits per heavy atom. The molecule has 0 heterocycles. The molecular formula is C15H27NO. The fraction of sp³-hybridized carbons (Fsp3) is 0.867. The Labute approximate surface area is 106 Å². The average molecular weight is 237 g/mol. The standard InChI is InChI=1S/C15H27NO/c1-12-7-13(2)9-14(8-12)10-16-11-15(17-3)5-4-6-15/h7,12,14,16H,4-6,8-11H2,1-3H3. The first kappa shape index (κ1) is 13.1. The van der Waals surface area contributed by atoms with Gasteiger partial charge >= 0.3 is 0 Å². The van der Waals surface area contributed by atoms with Crippen LogP contribution in [0.2, 0.25) is 0 Å². The van der Waals surface area contributed by atoms with Crippen LogP contribution in [0.3, 0.4) is 0 Å². The van der Waals surface area contributed by atoms with E-state index in [-0.39, 0.29) is 5.60 Å². The molecule has 0 aromatic heterocycles. The Hall–Kier alpha value is -0.340. The summed E-state index contributed by atoms with van der Waals surface area (Å²) in [6.07, 6.45) is 8.84. The maximum Gasteiger partial charge on any atom is 0.0802 e. The molecule has 0 saturated heterocycles. The quantitative estimate of drug-likeness (QED) is 0.742. The predicted molar refractivity (Wildman–Crippen MR) is 72.1 cm³/mol. The summed E-state index contributed by atoms with van der Waals surface area (Å²) in [4.78, 5) is 0. The molecule has 2 heteroatoms. The molecule has 17 heavy (non-hydrogen) atoms. The minimum Gasteiger partial charge on any atom is -0.377 e. The maximum absolute atomic E-state index is 5.63. The van der Waals surface area contributed by atoms with Crippen LogP contribution < -0.4 is 5.32 Å². The van der Waals surface area contributed by atoms with Gasteiger partial charge in [-0.25, -0.2) is 0 Å². The van der Waals surface area contributed by atoms with Crippen LogP contribution in [0.25, 0.3) is 0 Å². The van der Waals surface area contributed by atoms with Gasteiger partial charge in [-0.2, -0.15) is 0 Å². The predicted octanol–water partition coefficient (Wildman–Crippen LogP) is 3.14. The third-order valence-corrected chi connectivity index (χ3v) is 4.46. The first-order valence-electron chi connectivity index (χ1n) is 7.07. The summed E-state index contributed by atoms with van der Waals surface area (Å²) < 4.78 is 5.63. The molecule has 98 valence electrons. The summed E-state index contributed by atoms with van der Waals surface area (Å²) in [5.41, 5.74) is 1.74. The first-order chi connectivity index (χ1) is 8.13. The molecule has 2 aliphatic rings. The zero-order valence-electron chi connectivity index (χ0n) is 11.6. The Kier molecular flexibility index (Phi) is 4.26. The lowest BCUT2D eigenvalue weighted by Gasteiger charge is -2.41. The highest BCUT2D eigenvalue weighted by molar-refractivity contribution is 5.06. The van der Waals surface area contributed by atoms with Gasteiger partial charge in [0.2, 0.25) is 0 Å². The van der Waals surface area contributed by atoms with Crippen molar-refractivity contribution in [2.45, 2.75) is 51.6 Å². The maximum atomic E-state index is 5.63. The fourth-order valence-corrected chi connectivity index (χ4v) is 3.37. The van der Waals surface area contributed by atoms with E-state index in [1.54, 1.807) is 5.57 Å². The summed E-state index contributed by atoms with van der Waals surface area (Å²) in [5.74, 6) is 1.58. The van der Waals surface area contributed by atoms with Crippen molar-refractivity contribution in [1.29, 1.82) is 0 Å². The van der Waals surface area contributed by atoms with E-state index < -0.39 is 0 Å². The highest BCUT2D eigenvalue weighted by atomic mass is 16.5. The third kappa shape index (κ3) is 3.32. The van der Waals surface area contributed by atoms with Crippen molar-refractivity contribution in [3.63, 3.8) is 0 Å². The first-order valence-corrected chi connectivity index (χ1v) is 7.07. The van der Waals surface area contributed by atoms with E-state index in [1.807, 2.05) is 7.11 Å². The molecule has 0 aliphatic heterocycles. The smallest absolute Gasteiger partial charge is 0.0802 e. The van der Waals surface area contributed by atoms with E-state index in [9.17, 15) is 0 Å². The number of methoxy groups -OCH3 is 1. The van der Waals surface area contributed by atoms with Gasteiger partial charge < -0.3 is 10.1 Å². The van der Waals surface area contributed by atoms with Crippen molar-refractivity contribution < 1.29 is 4.74 Å². The van der Waals surface area contributed by atoms with Crippen LogP contribution in [0.1, 0.15) is 46.0 Å². The topological polar surface area (TPSA) is 21.3 Å². The second-order valence-corrected chi connectivity index (χ2v) is 6.17. The molecule has 2 unspecified atom stereocenters. The van der Waals surface area contributed by atoms with Crippen molar-refractivity contribution in [1.82, 2.24) is 5.32 Å². The lowest BCUT2D eigenvalue weighted by molar-refractivity contribution is -0.0697. The molecule has 2 atom stereocenters. The molecular weight excluding hydrogens is 210 g/mol. The van der Waals surface area contributed by atoms with Crippen LogP contribution >= 0.6 is 0 Å². The van der Waals surface area contributed by atoms with Gasteiger partial charge in [-0.15, -0.1) is 0 Å². The van der Waals surface area contributed by atoms with Gasteiger partial charge in [0.1, 0.15) is 0 Å². The Bertz CT molecular complexity index is 275. The Balaban J connectivity index is 1.70. The molecule has 1 N–H and O–H groups in total. The number of hydrogen-bond donors (Lipinski definition) is 1. The molecule has 1 fully saturated rings. The van der Waals surface area contributed by atoms with Crippen LogP contribution in [0.15, 0.2) is 11.6 Å². The zero-order valence-corrected chi connectivity index (χ0v) is 11.6. The van der Waals surface area contributed by atoms with Crippen LogP contribution in [0.5, 0.6) is 0 Å². The molecule has 0 aromatic rings. The number of nitrogens with one attached hydrogen (secondary N) is 1. The number of hydrogen-bond acceptors (Lipinski definition) is 2. The SMILES string of the molecule is COC1(CNCC2CC(C)=CC(C)C2)CCC1. The van der Waals surface area contributed by atoms with Crippen molar-refractivity contribution >= 4 is 0 Å². The van der Waals surface area contributed by atoms with Crippen molar-refractivity contribution in [2.75, 3.05) is 20.2 Å². The van der Waals surface area contributed by atoms with E-state index in [1.165, 1.54) is 32.1 Å². The Morgan fingerprint density at radius 2 is 2.24 bits per heavy atom. The lowest BCUT2D eigenvalue weighted by Crippen LogP contribution is -2.48. The zero-order chi connectivity index (χ0) is 12.3. The number of ether oxygens (including phenoxy) is 1. The number of rotatable bonds is 5. The van der Waals surface area contributed by atoms with Gasteiger partial charge in [-0.3, -0.25) is 0 Å². The van der Waals surface area contributed by atoms with E-state index in [2.05, 4.69) is 25.2 Å². The summed E-state index contributed by atoms with van der Waals surface area (Å²) in [6.45, 7) is 6.79. The average Bonchev–Trinajstić information content (AvgIpc) is 2.20. The third-order valence-electron chi connectivity index (χ3n) is 4.46. The summed E-state index contributed by atoms with van der Waals surface area (Å²) in [7, 11) is 1.86. The molecule has 0 spiro atoms. The normalized spacial score (nSPS) is 31.8. The van der Waals surface area contributed by atoms with Gasteiger partial charge in [0, 0.05) is 13.7 Å². The summed E-state index contributed by atoms with van der Waals surface area (Å²) in [5, 5.41) is 3.64. The molecule has 0 radical (unpaired) electrons.